The first-order valence-electron chi connectivity index (χ1n) is 17.8. The van der Waals surface area contributed by atoms with Crippen molar-refractivity contribution in [1.29, 1.82) is 0 Å². The molecule has 0 spiro atoms. The molecule has 0 atom stereocenters. The van der Waals surface area contributed by atoms with E-state index >= 15 is 0 Å². The smallest absolute Gasteiger partial charge is 0.253 e. The number of amides is 3. The van der Waals surface area contributed by atoms with Crippen molar-refractivity contribution < 1.29 is 14.4 Å². The molecule has 2 N–H and O–H groups in total. The number of hydrogen-bond acceptors (Lipinski definition) is 6. The summed E-state index contributed by atoms with van der Waals surface area (Å²) in [7, 11) is 0. The summed E-state index contributed by atoms with van der Waals surface area (Å²) in [6.07, 6.45) is 10.6. The fraction of sp³-hybridized carbons (Fsp3) is 0.500. The average Bonchev–Trinajstić information content (AvgIpc) is 3.71. The van der Waals surface area contributed by atoms with Crippen molar-refractivity contribution in [2.24, 2.45) is 17.3 Å². The first-order chi connectivity index (χ1) is 23.2. The van der Waals surface area contributed by atoms with E-state index in [1.165, 1.54) is 16.2 Å². The molecule has 8 rings (SSSR count). The third kappa shape index (κ3) is 5.79. The van der Waals surface area contributed by atoms with Crippen molar-refractivity contribution in [1.82, 2.24) is 25.1 Å². The number of pyridine rings is 1. The van der Waals surface area contributed by atoms with Gasteiger partial charge in [0.1, 0.15) is 11.5 Å². The van der Waals surface area contributed by atoms with Gasteiger partial charge in [-0.25, -0.2) is 9.88 Å². The van der Waals surface area contributed by atoms with E-state index in [0.717, 1.165) is 105 Å². The van der Waals surface area contributed by atoms with Crippen LogP contribution in [0.4, 0.5) is 11.5 Å². The first kappa shape index (κ1) is 30.8. The van der Waals surface area contributed by atoms with Crippen LogP contribution < -0.4 is 9.80 Å². The molecule has 6 heterocycles. The quantitative estimate of drug-likeness (QED) is 0.246. The number of fused-ring (bicyclic) bond motifs is 2. The molecular weight excluding hydrogens is 602 g/mol. The zero-order valence-electron chi connectivity index (χ0n) is 28.1. The first-order valence-corrected chi connectivity index (χ1v) is 17.8. The van der Waals surface area contributed by atoms with Crippen molar-refractivity contribution in [2.75, 3.05) is 36.0 Å². The summed E-state index contributed by atoms with van der Waals surface area (Å²) < 4.78 is 0. The number of H-pyrrole nitrogens is 2. The summed E-state index contributed by atoms with van der Waals surface area (Å²) in [6, 6.07) is 12.0. The van der Waals surface area contributed by atoms with Crippen molar-refractivity contribution >= 4 is 40.1 Å². The molecule has 3 saturated heterocycles. The number of rotatable bonds is 5. The van der Waals surface area contributed by atoms with Crippen LogP contribution in [0.1, 0.15) is 86.8 Å². The van der Waals surface area contributed by atoms with Crippen molar-refractivity contribution in [2.45, 2.75) is 78.1 Å². The second-order valence-corrected chi connectivity index (χ2v) is 15.2. The Kier molecular flexibility index (Phi) is 7.84. The predicted molar refractivity (Wildman–Crippen MR) is 186 cm³/mol. The molecule has 0 unspecified atom stereocenters. The highest BCUT2D eigenvalue weighted by molar-refractivity contribution is 6.16. The number of nitrogens with one attached hydrogen (secondary N) is 2. The van der Waals surface area contributed by atoms with Gasteiger partial charge in [-0.3, -0.25) is 19.5 Å². The van der Waals surface area contributed by atoms with Gasteiger partial charge in [-0.1, -0.05) is 19.9 Å². The van der Waals surface area contributed by atoms with E-state index in [1.54, 1.807) is 6.20 Å². The van der Waals surface area contributed by atoms with Crippen LogP contribution in [-0.2, 0) is 22.4 Å². The number of carbonyl (C=O) groups is 3. The highest BCUT2D eigenvalue weighted by Crippen LogP contribution is 2.39. The summed E-state index contributed by atoms with van der Waals surface area (Å²) in [5.74, 6) is 2.00. The zero-order chi connectivity index (χ0) is 33.0. The number of nitrogens with zero attached hydrogens (tertiary/aromatic N) is 5. The van der Waals surface area contributed by atoms with Gasteiger partial charge >= 0.3 is 0 Å². The van der Waals surface area contributed by atoms with Crippen LogP contribution >= 0.6 is 0 Å². The number of piperidine rings is 3. The summed E-state index contributed by atoms with van der Waals surface area (Å²) in [6.45, 7) is 8.11. The molecule has 0 bridgehead atoms. The van der Waals surface area contributed by atoms with Crippen LogP contribution in [0.3, 0.4) is 0 Å². The highest BCUT2D eigenvalue weighted by Gasteiger charge is 2.33. The second-order valence-electron chi connectivity index (χ2n) is 15.2. The van der Waals surface area contributed by atoms with E-state index in [2.05, 4.69) is 51.0 Å². The van der Waals surface area contributed by atoms with Gasteiger partial charge in [0.05, 0.1) is 17.6 Å². The van der Waals surface area contributed by atoms with Crippen LogP contribution in [0, 0.1) is 17.3 Å². The maximum absolute atomic E-state index is 13.6. The minimum Gasteiger partial charge on any atom is -0.357 e. The Bertz CT molecular complexity index is 1840. The summed E-state index contributed by atoms with van der Waals surface area (Å²) in [5, 5.41) is 9.08. The fourth-order valence-corrected chi connectivity index (χ4v) is 8.55. The van der Waals surface area contributed by atoms with Gasteiger partial charge in [-0.15, -0.1) is 0 Å². The van der Waals surface area contributed by atoms with Crippen LogP contribution in [0.15, 0.2) is 42.6 Å². The Labute approximate surface area is 281 Å². The molecule has 3 amide bonds. The minimum atomic E-state index is -0.141. The van der Waals surface area contributed by atoms with E-state index in [1.807, 2.05) is 29.2 Å². The summed E-state index contributed by atoms with van der Waals surface area (Å²) in [4.78, 5) is 52.0. The predicted octanol–water partition coefficient (Wildman–Crippen LogP) is 6.28. The largest absolute Gasteiger partial charge is 0.357 e. The van der Waals surface area contributed by atoms with E-state index < -0.39 is 0 Å². The SMILES string of the molecule is CC1(C)CCc2c(-c3cc4ccc(C(=O)N5CCC(C6CCN(c7ccc(N8C(=O)CCCC8=O)cn7)CC6)CC5)cc4[nH]3)n[nH]c2C1. The molecule has 1 aliphatic carbocycles. The van der Waals surface area contributed by atoms with E-state index in [0.29, 0.717) is 42.2 Å². The number of likely N-dealkylation sites (tertiary alicyclic amines) is 1. The summed E-state index contributed by atoms with van der Waals surface area (Å²) in [5.41, 5.74) is 7.17. The van der Waals surface area contributed by atoms with Crippen LogP contribution in [0.2, 0.25) is 0 Å². The Hall–Kier alpha value is -4.47. The third-order valence-corrected chi connectivity index (χ3v) is 11.4. The molecule has 0 radical (unpaired) electrons. The summed E-state index contributed by atoms with van der Waals surface area (Å²) >= 11 is 0. The normalized spacial score (nSPS) is 20.8. The number of anilines is 2. The molecule has 10 nitrogen and oxygen atoms in total. The number of aromatic amines is 2. The fourth-order valence-electron chi connectivity index (χ4n) is 8.55. The molecule has 3 fully saturated rings. The highest BCUT2D eigenvalue weighted by atomic mass is 16.2. The maximum atomic E-state index is 13.6. The Balaban J connectivity index is 0.853. The zero-order valence-corrected chi connectivity index (χ0v) is 28.1. The number of hydrogen-bond donors (Lipinski definition) is 2. The Morgan fingerprint density at radius 1 is 0.896 bits per heavy atom. The van der Waals surface area contributed by atoms with E-state index in [4.69, 9.17) is 0 Å². The maximum Gasteiger partial charge on any atom is 0.253 e. The molecule has 250 valence electrons. The molecule has 4 aromatic rings. The number of aromatic nitrogens is 4. The lowest BCUT2D eigenvalue weighted by molar-refractivity contribution is -0.129. The van der Waals surface area contributed by atoms with Crippen LogP contribution in [-0.4, -0.2) is 69.0 Å². The lowest BCUT2D eigenvalue weighted by Crippen LogP contribution is -2.43. The molecule has 10 heteroatoms. The Morgan fingerprint density at radius 3 is 2.33 bits per heavy atom. The average molecular weight is 648 g/mol. The van der Waals surface area contributed by atoms with Crippen LogP contribution in [0.5, 0.6) is 0 Å². The third-order valence-electron chi connectivity index (χ3n) is 11.4. The van der Waals surface area contributed by atoms with Crippen LogP contribution in [0.25, 0.3) is 22.3 Å². The van der Waals surface area contributed by atoms with Gasteiger partial charge in [0.25, 0.3) is 5.91 Å². The number of benzene rings is 1. The van der Waals surface area contributed by atoms with Gasteiger partial charge < -0.3 is 14.8 Å². The molecule has 3 aliphatic heterocycles. The molecule has 4 aliphatic rings. The van der Waals surface area contributed by atoms with E-state index in [9.17, 15) is 14.4 Å². The lowest BCUT2D eigenvalue weighted by atomic mass is 9.76. The van der Waals surface area contributed by atoms with Gasteiger partial charge in [-0.2, -0.15) is 5.10 Å². The topological polar surface area (TPSA) is 118 Å². The standard InChI is InChI=1S/C38H45N7O3/c1-38(2)15-10-29-32(22-38)41-42-36(29)31-20-26-6-7-27(21-30(26)40-31)37(48)44-18-13-25(14-19-44)24-11-16-43(17-12-24)33-9-8-28(23-39-33)45-34(46)4-3-5-35(45)47/h6-9,20-21,23-25,40H,3-5,10-19,22H2,1-2H3,(H,41,42). The molecule has 1 aromatic carbocycles. The van der Waals surface area contributed by atoms with E-state index in [-0.39, 0.29) is 17.7 Å². The number of imide groups is 1. The minimum absolute atomic E-state index is 0.114. The van der Waals surface area contributed by atoms with Gasteiger partial charge in [-0.05, 0) is 98.9 Å². The van der Waals surface area contributed by atoms with Crippen molar-refractivity contribution in [3.63, 3.8) is 0 Å². The Morgan fingerprint density at radius 2 is 1.62 bits per heavy atom. The molecular formula is C38H45N7O3. The number of carbonyl (C=O) groups excluding carboxylic acids is 3. The molecule has 0 saturated carbocycles. The molecule has 48 heavy (non-hydrogen) atoms. The monoisotopic (exact) mass is 647 g/mol. The lowest BCUT2D eigenvalue weighted by Gasteiger charge is -2.40. The second kappa shape index (κ2) is 12.2. The van der Waals surface area contributed by atoms with Crippen molar-refractivity contribution in [3.8, 4) is 11.4 Å². The van der Waals surface area contributed by atoms with Gasteiger partial charge in [0.2, 0.25) is 11.8 Å². The van der Waals surface area contributed by atoms with Gasteiger partial charge in [0.15, 0.2) is 0 Å². The van der Waals surface area contributed by atoms with Gasteiger partial charge in [0, 0.05) is 66.7 Å². The molecule has 3 aromatic heterocycles. The van der Waals surface area contributed by atoms with Crippen molar-refractivity contribution in [3.05, 3.63) is 59.4 Å².